The molecule has 1 aliphatic carbocycles. The van der Waals surface area contributed by atoms with Gasteiger partial charge in [-0.05, 0) is 54.8 Å². The first-order valence-electron chi connectivity index (χ1n) is 12.1. The molecule has 3 heterocycles. The molecule has 0 radical (unpaired) electrons. The van der Waals surface area contributed by atoms with Crippen molar-refractivity contribution in [1.29, 1.82) is 0 Å². The van der Waals surface area contributed by atoms with E-state index in [-0.39, 0.29) is 41.8 Å². The standard InChI is InChI=1S/C24H23F6N9O/c1-12-18-8-15(19(31-20(18)37(2)34-12)32-21(40)14-4-5-14)11-39(22-33-36-38(3)35-22)10-13-6-16(23(25,26)27)9-17(7-13)24(28,29)30/h6-9,14H,4-5,10-11H2,1-3H3,(H,31,32,40). The number of carbonyl (C=O) groups is 1. The Kier molecular flexibility index (Phi) is 6.66. The van der Waals surface area contributed by atoms with Gasteiger partial charge in [0.15, 0.2) is 5.65 Å². The van der Waals surface area contributed by atoms with Crippen molar-refractivity contribution >= 4 is 28.7 Å². The van der Waals surface area contributed by atoms with E-state index in [1.54, 1.807) is 24.7 Å². The van der Waals surface area contributed by atoms with E-state index in [2.05, 4.69) is 30.8 Å². The summed E-state index contributed by atoms with van der Waals surface area (Å²) in [5.74, 6) is -0.233. The van der Waals surface area contributed by atoms with Gasteiger partial charge in [-0.15, -0.1) is 5.10 Å². The first kappa shape index (κ1) is 27.3. The van der Waals surface area contributed by atoms with Crippen molar-refractivity contribution in [2.75, 3.05) is 10.2 Å². The molecular formula is C24H23F6N9O. The average molecular weight is 567 g/mol. The van der Waals surface area contributed by atoms with E-state index in [1.807, 2.05) is 0 Å². The molecule has 1 aliphatic rings. The summed E-state index contributed by atoms with van der Waals surface area (Å²) >= 11 is 0. The number of benzene rings is 1. The molecule has 4 aromatic rings. The zero-order chi connectivity index (χ0) is 29.0. The van der Waals surface area contributed by atoms with E-state index in [9.17, 15) is 31.1 Å². The normalized spacial score (nSPS) is 14.1. The van der Waals surface area contributed by atoms with Crippen molar-refractivity contribution in [2.45, 2.75) is 45.2 Å². The Hall–Kier alpha value is -4.24. The number of nitrogens with one attached hydrogen (secondary N) is 1. The predicted octanol–water partition coefficient (Wildman–Crippen LogP) is 4.39. The molecule has 10 nitrogen and oxygen atoms in total. The molecule has 0 bridgehead atoms. The molecule has 16 heteroatoms. The molecule has 1 amide bonds. The highest BCUT2D eigenvalue weighted by Gasteiger charge is 2.37. The number of hydrogen-bond donors (Lipinski definition) is 1. The van der Waals surface area contributed by atoms with Crippen LogP contribution in [0, 0.1) is 12.8 Å². The van der Waals surface area contributed by atoms with Gasteiger partial charge in [-0.25, -0.2) is 4.98 Å². The fourth-order valence-corrected chi connectivity index (χ4v) is 4.31. The number of fused-ring (bicyclic) bond motifs is 1. The highest BCUT2D eigenvalue weighted by atomic mass is 19.4. The van der Waals surface area contributed by atoms with Crippen molar-refractivity contribution in [3.8, 4) is 0 Å². The summed E-state index contributed by atoms with van der Waals surface area (Å²) in [4.78, 5) is 19.7. The van der Waals surface area contributed by atoms with Crippen LogP contribution in [0.1, 0.15) is 40.8 Å². The Morgan fingerprint density at radius 2 is 1.65 bits per heavy atom. The second kappa shape index (κ2) is 9.75. The molecule has 3 aromatic heterocycles. The van der Waals surface area contributed by atoms with Crippen molar-refractivity contribution in [2.24, 2.45) is 20.0 Å². The molecule has 0 atom stereocenters. The molecule has 1 N–H and O–H groups in total. The summed E-state index contributed by atoms with van der Waals surface area (Å²) in [5, 5.41) is 19.6. The number of tetrazole rings is 1. The Morgan fingerprint density at radius 1 is 1.00 bits per heavy atom. The van der Waals surface area contributed by atoms with Crippen LogP contribution in [-0.2, 0) is 44.3 Å². The predicted molar refractivity (Wildman–Crippen MR) is 130 cm³/mol. The number of carbonyl (C=O) groups excluding carboxylic acids is 1. The van der Waals surface area contributed by atoms with Gasteiger partial charge in [-0.1, -0.05) is 5.10 Å². The van der Waals surface area contributed by atoms with Crippen LogP contribution in [-0.4, -0.2) is 40.9 Å². The Morgan fingerprint density at radius 3 is 2.20 bits per heavy atom. The van der Waals surface area contributed by atoms with Gasteiger partial charge in [0.1, 0.15) is 5.82 Å². The fourth-order valence-electron chi connectivity index (χ4n) is 4.31. The number of rotatable bonds is 7. The molecule has 1 fully saturated rings. The summed E-state index contributed by atoms with van der Waals surface area (Å²) in [6.45, 7) is 1.21. The van der Waals surface area contributed by atoms with Gasteiger partial charge in [-0.2, -0.15) is 36.2 Å². The number of halogens is 6. The Labute approximate surface area is 223 Å². The van der Waals surface area contributed by atoms with Gasteiger partial charge in [-0.3, -0.25) is 9.48 Å². The van der Waals surface area contributed by atoms with Crippen LogP contribution in [0.2, 0.25) is 0 Å². The van der Waals surface area contributed by atoms with Crippen LogP contribution in [0.3, 0.4) is 0 Å². The minimum absolute atomic E-state index is 0.0454. The average Bonchev–Trinajstić information content (AvgIpc) is 3.57. The third-order valence-electron chi connectivity index (χ3n) is 6.43. The number of amides is 1. The number of anilines is 2. The lowest BCUT2D eigenvalue weighted by atomic mass is 10.0. The van der Waals surface area contributed by atoms with Gasteiger partial charge in [0.05, 0.1) is 23.9 Å². The third-order valence-corrected chi connectivity index (χ3v) is 6.43. The summed E-state index contributed by atoms with van der Waals surface area (Å²) in [7, 11) is 3.16. The molecule has 5 rings (SSSR count). The van der Waals surface area contributed by atoms with Crippen LogP contribution in [0.4, 0.5) is 38.1 Å². The summed E-state index contributed by atoms with van der Waals surface area (Å²) in [6, 6.07) is 3.11. The van der Waals surface area contributed by atoms with Crippen molar-refractivity contribution in [1.82, 2.24) is 35.0 Å². The maximum Gasteiger partial charge on any atom is 0.416 e. The van der Waals surface area contributed by atoms with E-state index >= 15 is 0 Å². The van der Waals surface area contributed by atoms with E-state index in [0.29, 0.717) is 34.4 Å². The first-order valence-corrected chi connectivity index (χ1v) is 12.1. The molecule has 0 aliphatic heterocycles. The maximum atomic E-state index is 13.5. The van der Waals surface area contributed by atoms with Crippen LogP contribution in [0.25, 0.3) is 11.0 Å². The van der Waals surface area contributed by atoms with E-state index in [0.717, 1.165) is 17.6 Å². The number of pyridine rings is 1. The molecule has 0 spiro atoms. The fraction of sp³-hybridized carbons (Fsp3) is 0.417. The summed E-state index contributed by atoms with van der Waals surface area (Å²) < 4.78 is 82.6. The molecule has 40 heavy (non-hydrogen) atoms. The smallest absolute Gasteiger partial charge is 0.329 e. The zero-order valence-electron chi connectivity index (χ0n) is 21.5. The van der Waals surface area contributed by atoms with E-state index in [4.69, 9.17) is 0 Å². The Balaban J connectivity index is 1.58. The minimum atomic E-state index is -5.00. The number of aryl methyl sites for hydroxylation is 3. The quantitative estimate of drug-likeness (QED) is 0.330. The highest BCUT2D eigenvalue weighted by Crippen LogP contribution is 2.37. The second-order valence-corrected chi connectivity index (χ2v) is 9.69. The van der Waals surface area contributed by atoms with Crippen LogP contribution < -0.4 is 10.2 Å². The van der Waals surface area contributed by atoms with Crippen LogP contribution in [0.5, 0.6) is 0 Å². The lowest BCUT2D eigenvalue weighted by Gasteiger charge is -2.23. The van der Waals surface area contributed by atoms with Gasteiger partial charge in [0.25, 0.3) is 5.95 Å². The largest absolute Gasteiger partial charge is 0.416 e. The van der Waals surface area contributed by atoms with Crippen molar-refractivity contribution in [3.05, 3.63) is 52.2 Å². The molecule has 212 valence electrons. The second-order valence-electron chi connectivity index (χ2n) is 9.69. The van der Waals surface area contributed by atoms with Gasteiger partial charge in [0.2, 0.25) is 5.91 Å². The monoisotopic (exact) mass is 567 g/mol. The number of hydrogen-bond acceptors (Lipinski definition) is 7. The number of alkyl halides is 6. The molecular weight excluding hydrogens is 544 g/mol. The van der Waals surface area contributed by atoms with Crippen LogP contribution in [0.15, 0.2) is 24.3 Å². The lowest BCUT2D eigenvalue weighted by Crippen LogP contribution is -2.26. The number of nitrogens with zero attached hydrogens (tertiary/aromatic N) is 8. The lowest BCUT2D eigenvalue weighted by molar-refractivity contribution is -0.143. The third kappa shape index (κ3) is 5.70. The SMILES string of the molecule is Cc1nn(C)c2nc(NC(=O)C3CC3)c(CN(Cc3cc(C(F)(F)F)cc(C(F)(F)F)c3)c3nnn(C)n3)cc12. The van der Waals surface area contributed by atoms with Crippen LogP contribution >= 0.6 is 0 Å². The van der Waals surface area contributed by atoms with E-state index in [1.165, 1.54) is 11.9 Å². The Bertz CT molecular complexity index is 1550. The minimum Gasteiger partial charge on any atom is -0.329 e. The van der Waals surface area contributed by atoms with Crippen molar-refractivity contribution in [3.63, 3.8) is 0 Å². The zero-order valence-corrected chi connectivity index (χ0v) is 21.5. The van der Waals surface area contributed by atoms with Gasteiger partial charge < -0.3 is 10.2 Å². The summed E-state index contributed by atoms with van der Waals surface area (Å²) in [5.41, 5.74) is -1.57. The number of aromatic nitrogens is 7. The maximum absolute atomic E-state index is 13.5. The van der Waals surface area contributed by atoms with Crippen molar-refractivity contribution < 1.29 is 31.1 Å². The first-order chi connectivity index (χ1) is 18.7. The van der Waals surface area contributed by atoms with E-state index < -0.39 is 30.0 Å². The molecule has 0 unspecified atom stereocenters. The topological polar surface area (TPSA) is 107 Å². The highest BCUT2D eigenvalue weighted by molar-refractivity contribution is 5.95. The summed E-state index contributed by atoms with van der Waals surface area (Å²) in [6.07, 6.45) is -8.53. The van der Waals surface area contributed by atoms with Gasteiger partial charge >= 0.3 is 12.4 Å². The van der Waals surface area contributed by atoms with Gasteiger partial charge in [0, 0.05) is 37.0 Å². The molecule has 1 aromatic carbocycles. The molecule has 0 saturated heterocycles. The molecule has 1 saturated carbocycles.